The molecule has 0 heterocycles. The average Bonchev–Trinajstić information content (AvgIpc) is 2.66. The van der Waals surface area contributed by atoms with Gasteiger partial charge in [0, 0.05) is 10.7 Å². The number of rotatable bonds is 7. The zero-order chi connectivity index (χ0) is 21.8. The van der Waals surface area contributed by atoms with E-state index in [1.165, 1.54) is 37.4 Å². The molecule has 1 unspecified atom stereocenters. The van der Waals surface area contributed by atoms with Gasteiger partial charge in [0.1, 0.15) is 6.04 Å². The third kappa shape index (κ3) is 5.62. The van der Waals surface area contributed by atoms with Crippen molar-refractivity contribution >= 4 is 56.5 Å². The number of halogens is 2. The Morgan fingerprint density at radius 3 is 2.28 bits per heavy atom. The zero-order valence-corrected chi connectivity index (χ0v) is 18.3. The number of hydrogen-bond acceptors (Lipinski definition) is 5. The molecule has 0 saturated heterocycles. The molecule has 156 valence electrons. The number of anilines is 2. The number of amides is 1. The van der Waals surface area contributed by atoms with Crippen LogP contribution in [0.4, 0.5) is 11.4 Å². The molecular formula is C19H20Cl2N2O5S. The fourth-order valence-corrected chi connectivity index (χ4v) is 4.28. The van der Waals surface area contributed by atoms with Gasteiger partial charge in [-0.05, 0) is 48.9 Å². The fraction of sp³-hybridized carbons (Fsp3) is 0.263. The van der Waals surface area contributed by atoms with Crippen molar-refractivity contribution in [3.05, 3.63) is 58.1 Å². The van der Waals surface area contributed by atoms with E-state index in [1.54, 1.807) is 19.1 Å². The Kier molecular flexibility index (Phi) is 7.51. The average molecular weight is 459 g/mol. The van der Waals surface area contributed by atoms with Gasteiger partial charge in [0.2, 0.25) is 15.9 Å². The minimum Gasteiger partial charge on any atom is -0.465 e. The van der Waals surface area contributed by atoms with E-state index in [9.17, 15) is 18.0 Å². The molecule has 0 bridgehead atoms. The van der Waals surface area contributed by atoms with Gasteiger partial charge in [-0.25, -0.2) is 13.2 Å². The van der Waals surface area contributed by atoms with Crippen LogP contribution < -0.4 is 9.62 Å². The van der Waals surface area contributed by atoms with Crippen molar-refractivity contribution < 1.29 is 22.7 Å². The lowest BCUT2D eigenvalue weighted by Crippen LogP contribution is -2.47. The molecule has 10 heteroatoms. The Morgan fingerprint density at radius 1 is 1.14 bits per heavy atom. The van der Waals surface area contributed by atoms with Crippen molar-refractivity contribution in [2.24, 2.45) is 0 Å². The highest BCUT2D eigenvalue weighted by molar-refractivity contribution is 7.92. The summed E-state index contributed by atoms with van der Waals surface area (Å²) in [5.41, 5.74) is 0.672. The van der Waals surface area contributed by atoms with Crippen LogP contribution in [0.5, 0.6) is 0 Å². The molecule has 1 atom stereocenters. The van der Waals surface area contributed by atoms with Gasteiger partial charge in [0.05, 0.1) is 29.6 Å². The molecule has 0 aliphatic rings. The SMILES string of the molecule is CCC(C(=O)Nc1ccc(Cl)c(C(=O)OC)c1)N(c1ccc(Cl)cc1)S(C)(=O)=O. The molecule has 0 aliphatic heterocycles. The summed E-state index contributed by atoms with van der Waals surface area (Å²) in [7, 11) is -2.56. The minimum atomic E-state index is -3.78. The van der Waals surface area contributed by atoms with Crippen LogP contribution in [0, 0.1) is 0 Å². The van der Waals surface area contributed by atoms with Gasteiger partial charge in [0.15, 0.2) is 0 Å². The maximum atomic E-state index is 12.9. The summed E-state index contributed by atoms with van der Waals surface area (Å²) < 4.78 is 30.6. The molecule has 1 N–H and O–H groups in total. The molecule has 0 fully saturated rings. The Labute approximate surface area is 179 Å². The summed E-state index contributed by atoms with van der Waals surface area (Å²) in [5, 5.41) is 3.24. The van der Waals surface area contributed by atoms with Gasteiger partial charge in [-0.3, -0.25) is 9.10 Å². The monoisotopic (exact) mass is 458 g/mol. The minimum absolute atomic E-state index is 0.0812. The Bertz CT molecular complexity index is 1010. The van der Waals surface area contributed by atoms with E-state index in [0.29, 0.717) is 10.7 Å². The topological polar surface area (TPSA) is 92.8 Å². The molecule has 0 spiro atoms. The predicted octanol–water partition coefficient (Wildman–Crippen LogP) is 3.96. The number of nitrogens with one attached hydrogen (secondary N) is 1. The summed E-state index contributed by atoms with van der Waals surface area (Å²) in [5.74, 6) is -1.22. The lowest BCUT2D eigenvalue weighted by molar-refractivity contribution is -0.117. The highest BCUT2D eigenvalue weighted by Crippen LogP contribution is 2.26. The number of benzene rings is 2. The van der Waals surface area contributed by atoms with Crippen molar-refractivity contribution in [1.29, 1.82) is 0 Å². The molecule has 1 amide bonds. The van der Waals surface area contributed by atoms with E-state index in [2.05, 4.69) is 10.1 Å². The normalized spacial score (nSPS) is 12.2. The van der Waals surface area contributed by atoms with Crippen LogP contribution in [-0.2, 0) is 19.6 Å². The van der Waals surface area contributed by atoms with Gasteiger partial charge in [-0.15, -0.1) is 0 Å². The first-order valence-corrected chi connectivity index (χ1v) is 11.1. The smallest absolute Gasteiger partial charge is 0.339 e. The molecule has 0 aromatic heterocycles. The van der Waals surface area contributed by atoms with E-state index in [-0.39, 0.29) is 22.7 Å². The highest BCUT2D eigenvalue weighted by atomic mass is 35.5. The van der Waals surface area contributed by atoms with Crippen molar-refractivity contribution in [3.63, 3.8) is 0 Å². The zero-order valence-electron chi connectivity index (χ0n) is 16.0. The first kappa shape index (κ1) is 23.0. The van der Waals surface area contributed by atoms with Gasteiger partial charge >= 0.3 is 5.97 Å². The third-order valence-electron chi connectivity index (χ3n) is 4.05. The van der Waals surface area contributed by atoms with E-state index in [1.807, 2.05) is 0 Å². The summed E-state index contributed by atoms with van der Waals surface area (Å²) in [4.78, 5) is 24.7. The molecule has 0 radical (unpaired) electrons. The number of methoxy groups -OCH3 is 1. The van der Waals surface area contributed by atoms with Crippen molar-refractivity contribution in [2.75, 3.05) is 23.0 Å². The third-order valence-corrected chi connectivity index (χ3v) is 5.81. The molecule has 2 aromatic rings. The molecule has 29 heavy (non-hydrogen) atoms. The second-order valence-corrected chi connectivity index (χ2v) is 8.84. The fourth-order valence-electron chi connectivity index (χ4n) is 2.74. The van der Waals surface area contributed by atoms with Crippen molar-refractivity contribution in [3.8, 4) is 0 Å². The van der Waals surface area contributed by atoms with Gasteiger partial charge < -0.3 is 10.1 Å². The summed E-state index contributed by atoms with van der Waals surface area (Å²) >= 11 is 11.9. The van der Waals surface area contributed by atoms with Gasteiger partial charge in [0.25, 0.3) is 0 Å². The van der Waals surface area contributed by atoms with Crippen LogP contribution in [0.2, 0.25) is 10.0 Å². The molecule has 7 nitrogen and oxygen atoms in total. The van der Waals surface area contributed by atoms with Crippen molar-refractivity contribution in [1.82, 2.24) is 0 Å². The first-order chi connectivity index (χ1) is 13.6. The van der Waals surface area contributed by atoms with E-state index < -0.39 is 27.9 Å². The molecular weight excluding hydrogens is 439 g/mol. The Morgan fingerprint density at radius 2 is 1.76 bits per heavy atom. The number of carbonyl (C=O) groups is 2. The lowest BCUT2D eigenvalue weighted by atomic mass is 10.1. The highest BCUT2D eigenvalue weighted by Gasteiger charge is 2.31. The number of nitrogens with zero attached hydrogens (tertiary/aromatic N) is 1. The van der Waals surface area contributed by atoms with Crippen LogP contribution in [0.25, 0.3) is 0 Å². The first-order valence-electron chi connectivity index (χ1n) is 8.52. The standard InChI is InChI=1S/C19H20Cl2N2O5S/c1-4-17(23(29(3,26)27)14-8-5-12(20)6-9-14)18(24)22-13-7-10-16(21)15(11-13)19(25)28-2/h5-11,17H,4H2,1-3H3,(H,22,24). The van der Waals surface area contributed by atoms with E-state index >= 15 is 0 Å². The van der Waals surface area contributed by atoms with Crippen LogP contribution >= 0.6 is 23.2 Å². The molecule has 2 aromatic carbocycles. The lowest BCUT2D eigenvalue weighted by Gasteiger charge is -2.30. The van der Waals surface area contributed by atoms with Crippen molar-refractivity contribution in [2.45, 2.75) is 19.4 Å². The summed E-state index contributed by atoms with van der Waals surface area (Å²) in [6.45, 7) is 1.69. The number of ether oxygens (including phenoxy) is 1. The second-order valence-electron chi connectivity index (χ2n) is 6.13. The number of esters is 1. The maximum Gasteiger partial charge on any atom is 0.339 e. The molecule has 0 aliphatic carbocycles. The van der Waals surface area contributed by atoms with Crippen LogP contribution in [-0.4, -0.2) is 39.7 Å². The van der Waals surface area contributed by atoms with E-state index in [4.69, 9.17) is 23.2 Å². The van der Waals surface area contributed by atoms with Crippen LogP contribution in [0.1, 0.15) is 23.7 Å². The Balaban J connectivity index is 2.37. The molecule has 0 saturated carbocycles. The number of carbonyl (C=O) groups excluding carboxylic acids is 2. The number of hydrogen-bond donors (Lipinski definition) is 1. The quantitative estimate of drug-likeness (QED) is 0.633. The largest absolute Gasteiger partial charge is 0.465 e. The second kappa shape index (κ2) is 9.47. The predicted molar refractivity (Wildman–Crippen MR) is 114 cm³/mol. The van der Waals surface area contributed by atoms with Crippen LogP contribution in [0.15, 0.2) is 42.5 Å². The van der Waals surface area contributed by atoms with Crippen LogP contribution in [0.3, 0.4) is 0 Å². The Hall–Kier alpha value is -2.29. The number of sulfonamides is 1. The van der Waals surface area contributed by atoms with E-state index in [0.717, 1.165) is 10.6 Å². The summed E-state index contributed by atoms with van der Waals surface area (Å²) in [6.07, 6.45) is 1.23. The molecule has 2 rings (SSSR count). The van der Waals surface area contributed by atoms with Gasteiger partial charge in [-0.2, -0.15) is 0 Å². The van der Waals surface area contributed by atoms with Gasteiger partial charge in [-0.1, -0.05) is 30.1 Å². The maximum absolute atomic E-state index is 12.9. The summed E-state index contributed by atoms with van der Waals surface area (Å²) in [6, 6.07) is 9.43.